The molecule has 3 N–H and O–H groups in total. The summed E-state index contributed by atoms with van der Waals surface area (Å²) in [6.07, 6.45) is 0.626. The Morgan fingerprint density at radius 3 is 2.53 bits per heavy atom. The third-order valence-electron chi connectivity index (χ3n) is 4.80. The Morgan fingerprint density at radius 2 is 1.84 bits per heavy atom. The fourth-order valence-corrected chi connectivity index (χ4v) is 4.37. The number of benzene rings is 2. The number of carbonyl (C=O) groups is 1. The Labute approximate surface area is 195 Å². The Balaban J connectivity index is 1.84. The van der Waals surface area contributed by atoms with Crippen molar-refractivity contribution in [3.8, 4) is 0 Å². The number of H-pyrrole nitrogens is 1. The van der Waals surface area contributed by atoms with Crippen LogP contribution in [0, 0.1) is 0 Å². The second-order valence-corrected chi connectivity index (χ2v) is 8.65. The van der Waals surface area contributed by atoms with Crippen molar-refractivity contribution in [3.63, 3.8) is 0 Å². The molecule has 0 aliphatic carbocycles. The number of nitrogens with two attached hydrogens (primary N) is 1. The number of anilines is 2. The second kappa shape index (κ2) is 11.1. The number of nitrogen functional groups attached to an aromatic ring is 1. The van der Waals surface area contributed by atoms with E-state index < -0.39 is 11.2 Å². The fraction of sp³-hybridized carbons (Fsp3) is 0.261. The monoisotopic (exact) mass is 472 g/mol. The zero-order valence-corrected chi connectivity index (χ0v) is 19.3. The van der Waals surface area contributed by atoms with E-state index in [2.05, 4.69) is 4.98 Å². The predicted molar refractivity (Wildman–Crippen MR) is 132 cm³/mol. The van der Waals surface area contributed by atoms with Crippen LogP contribution in [0.4, 0.5) is 11.5 Å². The number of aromatic nitrogens is 2. The first-order chi connectivity index (χ1) is 15.4. The largest absolute Gasteiger partial charge is 0.383 e. The zero-order valence-electron chi connectivity index (χ0n) is 17.7. The Hall–Kier alpha value is -2.97. The molecule has 7 nitrogen and oxygen atoms in total. The van der Waals surface area contributed by atoms with Crippen molar-refractivity contribution in [2.75, 3.05) is 22.9 Å². The van der Waals surface area contributed by atoms with Gasteiger partial charge < -0.3 is 10.6 Å². The summed E-state index contributed by atoms with van der Waals surface area (Å²) in [5.41, 5.74) is 6.85. The van der Waals surface area contributed by atoms with Crippen molar-refractivity contribution < 1.29 is 4.79 Å². The first-order valence-electron chi connectivity index (χ1n) is 10.2. The SMILES string of the molecule is CCCN(C(=O)CSCc1cccc(Cl)c1)c1c(N)n(Cc2ccccc2)c(=O)[nH]c1=O. The van der Waals surface area contributed by atoms with Gasteiger partial charge in [0, 0.05) is 17.3 Å². The molecule has 1 heterocycles. The first-order valence-corrected chi connectivity index (χ1v) is 11.7. The highest BCUT2D eigenvalue weighted by atomic mass is 35.5. The zero-order chi connectivity index (χ0) is 23.1. The summed E-state index contributed by atoms with van der Waals surface area (Å²) in [6.45, 7) is 2.41. The Bertz CT molecular complexity index is 1190. The third kappa shape index (κ3) is 5.83. The van der Waals surface area contributed by atoms with E-state index in [0.717, 1.165) is 11.1 Å². The molecule has 3 rings (SSSR count). The smallest absolute Gasteiger partial charge is 0.330 e. The molecule has 1 aromatic heterocycles. The molecule has 0 atom stereocenters. The van der Waals surface area contributed by atoms with Crippen molar-refractivity contribution >= 4 is 40.8 Å². The number of hydrogen-bond donors (Lipinski definition) is 2. The summed E-state index contributed by atoms with van der Waals surface area (Å²) in [5.74, 6) is 0.486. The maximum absolute atomic E-state index is 13.0. The van der Waals surface area contributed by atoms with Crippen molar-refractivity contribution in [2.45, 2.75) is 25.6 Å². The van der Waals surface area contributed by atoms with Crippen LogP contribution in [0.1, 0.15) is 24.5 Å². The molecule has 0 unspecified atom stereocenters. The molecule has 3 aromatic rings. The lowest BCUT2D eigenvalue weighted by Crippen LogP contribution is -2.42. The number of carbonyl (C=O) groups excluding carboxylic acids is 1. The van der Waals surface area contributed by atoms with Gasteiger partial charge in [0.05, 0.1) is 12.3 Å². The Morgan fingerprint density at radius 1 is 1.12 bits per heavy atom. The van der Waals surface area contributed by atoms with Crippen LogP contribution in [0.25, 0.3) is 0 Å². The van der Waals surface area contributed by atoms with E-state index in [1.807, 2.05) is 55.5 Å². The molecule has 0 saturated carbocycles. The molecule has 1 amide bonds. The normalized spacial score (nSPS) is 10.8. The van der Waals surface area contributed by atoms with Crippen molar-refractivity contribution in [1.29, 1.82) is 0 Å². The van der Waals surface area contributed by atoms with Gasteiger partial charge in [-0.05, 0) is 29.7 Å². The van der Waals surface area contributed by atoms with Crippen LogP contribution in [-0.4, -0.2) is 27.8 Å². The highest BCUT2D eigenvalue weighted by molar-refractivity contribution is 7.99. The molecule has 2 aromatic carbocycles. The fourth-order valence-electron chi connectivity index (χ4n) is 3.31. The number of halogens is 1. The third-order valence-corrected chi connectivity index (χ3v) is 6.02. The van der Waals surface area contributed by atoms with Gasteiger partial charge in [-0.1, -0.05) is 61.0 Å². The molecule has 0 radical (unpaired) electrons. The van der Waals surface area contributed by atoms with E-state index in [4.69, 9.17) is 17.3 Å². The molecule has 0 bridgehead atoms. The van der Waals surface area contributed by atoms with E-state index in [0.29, 0.717) is 23.7 Å². The standard InChI is InChI=1S/C23H25ClN4O3S/c1-2-11-27(19(29)15-32-14-17-9-6-10-18(24)12-17)20-21(25)28(23(31)26-22(20)30)13-16-7-4-3-5-8-16/h3-10,12H,2,11,13-15,25H2,1H3,(H,26,30,31). The summed E-state index contributed by atoms with van der Waals surface area (Å²) in [5, 5.41) is 0.641. The average molecular weight is 473 g/mol. The van der Waals surface area contributed by atoms with E-state index in [-0.39, 0.29) is 29.7 Å². The van der Waals surface area contributed by atoms with Gasteiger partial charge in [0.15, 0.2) is 5.69 Å². The van der Waals surface area contributed by atoms with Gasteiger partial charge >= 0.3 is 5.69 Å². The van der Waals surface area contributed by atoms with Gasteiger partial charge in [-0.25, -0.2) is 4.79 Å². The quantitative estimate of drug-likeness (QED) is 0.496. The molecule has 0 aliphatic heterocycles. The maximum Gasteiger partial charge on any atom is 0.330 e. The van der Waals surface area contributed by atoms with E-state index >= 15 is 0 Å². The molecule has 0 aliphatic rings. The number of nitrogens with one attached hydrogen (secondary N) is 1. The Kier molecular flexibility index (Phi) is 8.19. The first kappa shape index (κ1) is 23.7. The summed E-state index contributed by atoms with van der Waals surface area (Å²) in [6, 6.07) is 16.7. The van der Waals surface area contributed by atoms with Crippen molar-refractivity contribution in [1.82, 2.24) is 9.55 Å². The number of thioether (sulfide) groups is 1. The molecule has 32 heavy (non-hydrogen) atoms. The van der Waals surface area contributed by atoms with Crippen LogP contribution >= 0.6 is 23.4 Å². The second-order valence-electron chi connectivity index (χ2n) is 7.23. The molecule has 9 heteroatoms. The van der Waals surface area contributed by atoms with Gasteiger partial charge in [-0.15, -0.1) is 11.8 Å². The minimum absolute atomic E-state index is 0.00994. The van der Waals surface area contributed by atoms with Crippen LogP contribution in [0.5, 0.6) is 0 Å². The minimum Gasteiger partial charge on any atom is -0.383 e. The van der Waals surface area contributed by atoms with Crippen LogP contribution in [-0.2, 0) is 17.1 Å². The molecule has 168 valence electrons. The molecule has 0 fully saturated rings. The number of rotatable bonds is 9. The predicted octanol–water partition coefficient (Wildman–Crippen LogP) is 3.50. The van der Waals surface area contributed by atoms with Crippen LogP contribution in [0.15, 0.2) is 64.2 Å². The highest BCUT2D eigenvalue weighted by Crippen LogP contribution is 2.21. The lowest BCUT2D eigenvalue weighted by atomic mass is 10.2. The number of aromatic amines is 1. The highest BCUT2D eigenvalue weighted by Gasteiger charge is 2.23. The maximum atomic E-state index is 13.0. The van der Waals surface area contributed by atoms with Crippen LogP contribution in [0.3, 0.4) is 0 Å². The topological polar surface area (TPSA) is 101 Å². The van der Waals surface area contributed by atoms with Gasteiger partial charge in [0.25, 0.3) is 5.56 Å². The summed E-state index contributed by atoms with van der Waals surface area (Å²) < 4.78 is 1.28. The summed E-state index contributed by atoms with van der Waals surface area (Å²) in [4.78, 5) is 41.8. The molecular weight excluding hydrogens is 448 g/mol. The number of hydrogen-bond acceptors (Lipinski definition) is 5. The number of nitrogens with zero attached hydrogens (tertiary/aromatic N) is 2. The van der Waals surface area contributed by atoms with Gasteiger partial charge in [0.2, 0.25) is 5.91 Å². The summed E-state index contributed by atoms with van der Waals surface area (Å²) >= 11 is 7.44. The summed E-state index contributed by atoms with van der Waals surface area (Å²) in [7, 11) is 0. The van der Waals surface area contributed by atoms with Crippen molar-refractivity contribution in [3.05, 3.63) is 91.6 Å². The van der Waals surface area contributed by atoms with E-state index in [1.54, 1.807) is 6.07 Å². The lowest BCUT2D eigenvalue weighted by Gasteiger charge is -2.24. The molecule has 0 saturated heterocycles. The van der Waals surface area contributed by atoms with Gasteiger partial charge in [0.1, 0.15) is 5.82 Å². The van der Waals surface area contributed by atoms with Crippen molar-refractivity contribution in [2.24, 2.45) is 0 Å². The van der Waals surface area contributed by atoms with Gasteiger partial charge in [-0.2, -0.15) is 0 Å². The van der Waals surface area contributed by atoms with Crippen LogP contribution in [0.2, 0.25) is 5.02 Å². The van der Waals surface area contributed by atoms with E-state index in [1.165, 1.54) is 21.2 Å². The average Bonchev–Trinajstić information content (AvgIpc) is 2.76. The molecule has 0 spiro atoms. The van der Waals surface area contributed by atoms with Gasteiger partial charge in [-0.3, -0.25) is 19.1 Å². The van der Waals surface area contributed by atoms with Crippen LogP contribution < -0.4 is 21.9 Å². The molecular formula is C23H25ClN4O3S. The number of amides is 1. The van der Waals surface area contributed by atoms with E-state index in [9.17, 15) is 14.4 Å². The lowest BCUT2D eigenvalue weighted by molar-refractivity contribution is -0.116. The minimum atomic E-state index is -0.668.